The second-order valence-corrected chi connectivity index (χ2v) is 5.01. The summed E-state index contributed by atoms with van der Waals surface area (Å²) < 4.78 is 6.13. The highest BCUT2D eigenvalue weighted by molar-refractivity contribution is 9.10. The third kappa shape index (κ3) is 2.79. The predicted octanol–water partition coefficient (Wildman–Crippen LogP) is 2.02. The van der Waals surface area contributed by atoms with Crippen molar-refractivity contribution in [3.63, 3.8) is 0 Å². The van der Waals surface area contributed by atoms with Crippen LogP contribution in [0, 0.1) is 0 Å². The summed E-state index contributed by atoms with van der Waals surface area (Å²) >= 11 is 3.25. The molecular weight excluding hydrogens is 286 g/mol. The van der Waals surface area contributed by atoms with Crippen LogP contribution in [0.1, 0.15) is 17.3 Å². The molecule has 4 nitrogen and oxygen atoms in total. The van der Waals surface area contributed by atoms with Gasteiger partial charge in [0.15, 0.2) is 0 Å². The molecule has 0 spiro atoms. The third-order valence-electron chi connectivity index (χ3n) is 2.72. The fourth-order valence-electron chi connectivity index (χ4n) is 1.86. The molecule has 0 aliphatic carbocycles. The molecule has 1 atom stereocenters. The van der Waals surface area contributed by atoms with Crippen LogP contribution in [0.5, 0.6) is 5.75 Å². The average molecular weight is 300 g/mol. The van der Waals surface area contributed by atoms with E-state index in [1.165, 1.54) is 6.07 Å². The van der Waals surface area contributed by atoms with Crippen LogP contribution in [0.2, 0.25) is 0 Å². The lowest BCUT2D eigenvalue weighted by atomic mass is 10.1. The Hall–Kier alpha value is -1.07. The normalized spacial score (nSPS) is 20.4. The van der Waals surface area contributed by atoms with Gasteiger partial charge < -0.3 is 14.7 Å². The first-order chi connectivity index (χ1) is 8.08. The van der Waals surface area contributed by atoms with Crippen LogP contribution in [-0.2, 0) is 4.74 Å². The van der Waals surface area contributed by atoms with Gasteiger partial charge in [-0.3, -0.25) is 4.79 Å². The highest BCUT2D eigenvalue weighted by Crippen LogP contribution is 2.24. The van der Waals surface area contributed by atoms with Gasteiger partial charge in [0.1, 0.15) is 5.75 Å². The Balaban J connectivity index is 2.18. The van der Waals surface area contributed by atoms with Crippen LogP contribution in [-0.4, -0.2) is 41.7 Å². The Labute approximate surface area is 108 Å². The molecule has 2 rings (SSSR count). The van der Waals surface area contributed by atoms with Crippen LogP contribution in [0.15, 0.2) is 22.7 Å². The number of nitrogens with zero attached hydrogens (tertiary/aromatic N) is 1. The molecule has 1 aromatic carbocycles. The standard InChI is InChI=1S/C12H14BrNO3/c1-8-7-14(4-5-17-8)12(16)10-3-2-9(13)6-11(10)15/h2-3,6,8,15H,4-5,7H2,1H3/t8-/m1/s1. The van der Waals surface area contributed by atoms with Crippen molar-refractivity contribution in [2.75, 3.05) is 19.7 Å². The van der Waals surface area contributed by atoms with Gasteiger partial charge in [-0.15, -0.1) is 0 Å². The molecule has 1 aliphatic heterocycles. The molecule has 1 saturated heterocycles. The van der Waals surface area contributed by atoms with Crippen molar-refractivity contribution in [2.45, 2.75) is 13.0 Å². The van der Waals surface area contributed by atoms with E-state index < -0.39 is 0 Å². The molecule has 1 amide bonds. The summed E-state index contributed by atoms with van der Waals surface area (Å²) in [7, 11) is 0. The summed E-state index contributed by atoms with van der Waals surface area (Å²) in [6, 6.07) is 4.90. The molecule has 0 radical (unpaired) electrons. The highest BCUT2D eigenvalue weighted by Gasteiger charge is 2.24. The first-order valence-electron chi connectivity index (χ1n) is 5.47. The van der Waals surface area contributed by atoms with E-state index in [2.05, 4.69) is 15.9 Å². The van der Waals surface area contributed by atoms with E-state index in [-0.39, 0.29) is 17.8 Å². The van der Waals surface area contributed by atoms with Crippen molar-refractivity contribution < 1.29 is 14.6 Å². The second kappa shape index (κ2) is 5.06. The van der Waals surface area contributed by atoms with E-state index in [1.807, 2.05) is 6.92 Å². The number of rotatable bonds is 1. The minimum Gasteiger partial charge on any atom is -0.507 e. The number of aromatic hydroxyl groups is 1. The first-order valence-corrected chi connectivity index (χ1v) is 6.26. The van der Waals surface area contributed by atoms with Gasteiger partial charge in [-0.05, 0) is 25.1 Å². The molecule has 1 aliphatic rings. The molecule has 1 N–H and O–H groups in total. The van der Waals surface area contributed by atoms with Crippen molar-refractivity contribution in [1.82, 2.24) is 4.90 Å². The number of hydrogen-bond acceptors (Lipinski definition) is 3. The summed E-state index contributed by atoms with van der Waals surface area (Å²) in [5.74, 6) is -0.145. The predicted molar refractivity (Wildman–Crippen MR) is 67.1 cm³/mol. The molecule has 5 heteroatoms. The number of hydrogen-bond donors (Lipinski definition) is 1. The summed E-state index contributed by atoms with van der Waals surface area (Å²) in [5.41, 5.74) is 0.335. The van der Waals surface area contributed by atoms with Gasteiger partial charge in [-0.25, -0.2) is 0 Å². The van der Waals surface area contributed by atoms with Crippen molar-refractivity contribution in [3.8, 4) is 5.75 Å². The van der Waals surface area contributed by atoms with E-state index in [0.717, 1.165) is 4.47 Å². The van der Waals surface area contributed by atoms with Crippen LogP contribution in [0.3, 0.4) is 0 Å². The molecule has 92 valence electrons. The van der Waals surface area contributed by atoms with E-state index in [1.54, 1.807) is 17.0 Å². The lowest BCUT2D eigenvalue weighted by molar-refractivity contribution is -0.0125. The van der Waals surface area contributed by atoms with Crippen molar-refractivity contribution >= 4 is 21.8 Å². The number of halogens is 1. The fourth-order valence-corrected chi connectivity index (χ4v) is 2.21. The van der Waals surface area contributed by atoms with Crippen LogP contribution in [0.4, 0.5) is 0 Å². The molecule has 0 saturated carbocycles. The maximum absolute atomic E-state index is 12.2. The lowest BCUT2D eigenvalue weighted by Gasteiger charge is -2.31. The maximum Gasteiger partial charge on any atom is 0.257 e. The summed E-state index contributed by atoms with van der Waals surface area (Å²) in [6.45, 7) is 3.61. The second-order valence-electron chi connectivity index (χ2n) is 4.09. The van der Waals surface area contributed by atoms with E-state index >= 15 is 0 Å². The number of phenols is 1. The Bertz CT molecular complexity index is 436. The number of benzene rings is 1. The van der Waals surface area contributed by atoms with E-state index in [9.17, 15) is 9.90 Å². The van der Waals surface area contributed by atoms with Gasteiger partial charge in [-0.2, -0.15) is 0 Å². The van der Waals surface area contributed by atoms with Crippen molar-refractivity contribution in [3.05, 3.63) is 28.2 Å². The van der Waals surface area contributed by atoms with Crippen molar-refractivity contribution in [2.24, 2.45) is 0 Å². The number of morpholine rings is 1. The number of amides is 1. The van der Waals surface area contributed by atoms with Crippen LogP contribution in [0.25, 0.3) is 0 Å². The van der Waals surface area contributed by atoms with Gasteiger partial charge in [0.05, 0.1) is 18.3 Å². The van der Waals surface area contributed by atoms with Gasteiger partial charge in [0, 0.05) is 17.6 Å². The van der Waals surface area contributed by atoms with Crippen molar-refractivity contribution in [1.29, 1.82) is 0 Å². The summed E-state index contributed by atoms with van der Waals surface area (Å²) in [4.78, 5) is 13.9. The van der Waals surface area contributed by atoms with Gasteiger partial charge in [0.25, 0.3) is 5.91 Å². The Morgan fingerprint density at radius 3 is 3.00 bits per heavy atom. The number of carbonyl (C=O) groups excluding carboxylic acids is 1. The monoisotopic (exact) mass is 299 g/mol. The fraction of sp³-hybridized carbons (Fsp3) is 0.417. The smallest absolute Gasteiger partial charge is 0.257 e. The minimum atomic E-state index is -0.148. The molecule has 1 heterocycles. The molecule has 1 fully saturated rings. The Kier molecular flexibility index (Phi) is 3.69. The summed E-state index contributed by atoms with van der Waals surface area (Å²) in [6.07, 6.45) is 0.0466. The number of ether oxygens (including phenoxy) is 1. The topological polar surface area (TPSA) is 49.8 Å². The Morgan fingerprint density at radius 2 is 2.35 bits per heavy atom. The zero-order valence-electron chi connectivity index (χ0n) is 9.52. The minimum absolute atomic E-state index is 0.00326. The average Bonchev–Trinajstić information content (AvgIpc) is 2.28. The lowest BCUT2D eigenvalue weighted by Crippen LogP contribution is -2.44. The zero-order valence-corrected chi connectivity index (χ0v) is 11.1. The van der Waals surface area contributed by atoms with E-state index in [4.69, 9.17) is 4.74 Å². The Morgan fingerprint density at radius 1 is 1.59 bits per heavy atom. The number of phenolic OH excluding ortho intramolecular Hbond substituents is 1. The zero-order chi connectivity index (χ0) is 12.4. The maximum atomic E-state index is 12.2. The number of carbonyl (C=O) groups is 1. The third-order valence-corrected chi connectivity index (χ3v) is 3.21. The van der Waals surface area contributed by atoms with Gasteiger partial charge in [0.2, 0.25) is 0 Å². The van der Waals surface area contributed by atoms with Crippen LogP contribution >= 0.6 is 15.9 Å². The first kappa shape index (κ1) is 12.4. The highest BCUT2D eigenvalue weighted by atomic mass is 79.9. The molecule has 0 unspecified atom stereocenters. The molecule has 0 bridgehead atoms. The van der Waals surface area contributed by atoms with Crippen LogP contribution < -0.4 is 0 Å². The van der Waals surface area contributed by atoms with Gasteiger partial charge in [-0.1, -0.05) is 15.9 Å². The SMILES string of the molecule is C[C@@H]1CN(C(=O)c2ccc(Br)cc2O)CCO1. The molecule has 17 heavy (non-hydrogen) atoms. The van der Waals surface area contributed by atoms with Gasteiger partial charge >= 0.3 is 0 Å². The molecule has 0 aromatic heterocycles. The molecule has 1 aromatic rings. The molecular formula is C12H14BrNO3. The largest absolute Gasteiger partial charge is 0.507 e. The van der Waals surface area contributed by atoms with E-state index in [0.29, 0.717) is 25.3 Å². The summed E-state index contributed by atoms with van der Waals surface area (Å²) in [5, 5.41) is 9.75. The quantitative estimate of drug-likeness (QED) is 0.863.